The van der Waals surface area contributed by atoms with E-state index in [0.717, 1.165) is 5.56 Å². The summed E-state index contributed by atoms with van der Waals surface area (Å²) in [5.41, 5.74) is 7.94. The number of nitrogen functional groups attached to an aromatic ring is 1. The lowest BCUT2D eigenvalue weighted by Gasteiger charge is -2.16. The van der Waals surface area contributed by atoms with Crippen molar-refractivity contribution in [2.45, 2.75) is 12.5 Å². The molecule has 0 amide bonds. The van der Waals surface area contributed by atoms with E-state index < -0.39 is 6.10 Å². The van der Waals surface area contributed by atoms with Gasteiger partial charge in [-0.25, -0.2) is 0 Å². The summed E-state index contributed by atoms with van der Waals surface area (Å²) in [7, 11) is 3.15. The highest BCUT2D eigenvalue weighted by atomic mass is 16.5. The van der Waals surface area contributed by atoms with Crippen LogP contribution in [-0.4, -0.2) is 24.3 Å². The third kappa shape index (κ3) is 3.00. The molecule has 0 saturated heterocycles. The summed E-state index contributed by atoms with van der Waals surface area (Å²) in [5.74, 6) is 1.28. The third-order valence-electron chi connectivity index (χ3n) is 3.15. The van der Waals surface area contributed by atoms with E-state index in [2.05, 4.69) is 4.98 Å². The van der Waals surface area contributed by atoms with Crippen molar-refractivity contribution < 1.29 is 14.6 Å². The number of methoxy groups -OCH3 is 2. The molecule has 5 nitrogen and oxygen atoms in total. The van der Waals surface area contributed by atoms with Crippen LogP contribution in [0.4, 0.5) is 5.69 Å². The SMILES string of the molecule is COc1ccc(OC)c(C(O)Cc2cnccc2N)c1. The fourth-order valence-corrected chi connectivity index (χ4v) is 2.03. The number of ether oxygens (including phenoxy) is 2. The van der Waals surface area contributed by atoms with Crippen molar-refractivity contribution in [3.63, 3.8) is 0 Å². The summed E-state index contributed by atoms with van der Waals surface area (Å²) in [4.78, 5) is 4.02. The molecular weight excluding hydrogens is 256 g/mol. The minimum absolute atomic E-state index is 0.364. The zero-order valence-corrected chi connectivity index (χ0v) is 11.5. The maximum Gasteiger partial charge on any atom is 0.124 e. The van der Waals surface area contributed by atoms with E-state index in [9.17, 15) is 5.11 Å². The molecule has 1 unspecified atom stereocenters. The summed E-state index contributed by atoms with van der Waals surface area (Å²) in [6, 6.07) is 7.03. The highest BCUT2D eigenvalue weighted by Crippen LogP contribution is 2.31. The van der Waals surface area contributed by atoms with Crippen molar-refractivity contribution in [3.8, 4) is 11.5 Å². The molecule has 1 aromatic carbocycles. The average molecular weight is 274 g/mol. The van der Waals surface area contributed by atoms with Gasteiger partial charge in [0.1, 0.15) is 11.5 Å². The monoisotopic (exact) mass is 274 g/mol. The van der Waals surface area contributed by atoms with Gasteiger partial charge in [0, 0.05) is 30.1 Å². The van der Waals surface area contributed by atoms with E-state index in [4.69, 9.17) is 15.2 Å². The second-order valence-electron chi connectivity index (χ2n) is 4.40. The minimum atomic E-state index is -0.744. The molecule has 0 radical (unpaired) electrons. The normalized spacial score (nSPS) is 11.9. The summed E-state index contributed by atoms with van der Waals surface area (Å²) in [6.45, 7) is 0. The maximum absolute atomic E-state index is 10.4. The average Bonchev–Trinajstić information content (AvgIpc) is 2.48. The zero-order chi connectivity index (χ0) is 14.5. The second kappa shape index (κ2) is 6.25. The summed E-state index contributed by atoms with van der Waals surface area (Å²) in [6.07, 6.45) is 2.90. The largest absolute Gasteiger partial charge is 0.497 e. The lowest BCUT2D eigenvalue weighted by molar-refractivity contribution is 0.173. The minimum Gasteiger partial charge on any atom is -0.497 e. The Kier molecular flexibility index (Phi) is 4.42. The van der Waals surface area contributed by atoms with Crippen molar-refractivity contribution in [1.82, 2.24) is 4.98 Å². The van der Waals surface area contributed by atoms with Gasteiger partial charge in [-0.2, -0.15) is 0 Å². The molecule has 106 valence electrons. The predicted octanol–water partition coefficient (Wildman–Crippen LogP) is 1.96. The van der Waals surface area contributed by atoms with Crippen molar-refractivity contribution in [2.75, 3.05) is 20.0 Å². The number of hydrogen-bond donors (Lipinski definition) is 2. The van der Waals surface area contributed by atoms with Crippen LogP contribution in [0.1, 0.15) is 17.2 Å². The molecule has 1 atom stereocenters. The van der Waals surface area contributed by atoms with Crippen LogP contribution >= 0.6 is 0 Å². The first-order chi connectivity index (χ1) is 9.65. The van der Waals surface area contributed by atoms with Crippen LogP contribution < -0.4 is 15.2 Å². The highest BCUT2D eigenvalue weighted by molar-refractivity contribution is 5.47. The molecular formula is C15H18N2O3. The van der Waals surface area contributed by atoms with Gasteiger partial charge in [-0.1, -0.05) is 0 Å². The number of anilines is 1. The van der Waals surface area contributed by atoms with E-state index >= 15 is 0 Å². The number of nitrogens with zero attached hydrogens (tertiary/aromatic N) is 1. The fraction of sp³-hybridized carbons (Fsp3) is 0.267. The van der Waals surface area contributed by atoms with Crippen molar-refractivity contribution in [3.05, 3.63) is 47.8 Å². The maximum atomic E-state index is 10.4. The molecule has 0 aliphatic carbocycles. The van der Waals surface area contributed by atoms with Crippen LogP contribution in [0.15, 0.2) is 36.7 Å². The molecule has 0 aliphatic heterocycles. The first-order valence-electron chi connectivity index (χ1n) is 6.24. The van der Waals surface area contributed by atoms with Crippen LogP contribution in [0.25, 0.3) is 0 Å². The van der Waals surface area contributed by atoms with Gasteiger partial charge in [0.15, 0.2) is 0 Å². The smallest absolute Gasteiger partial charge is 0.124 e. The molecule has 0 fully saturated rings. The number of aliphatic hydroxyl groups is 1. The summed E-state index contributed by atoms with van der Waals surface area (Å²) < 4.78 is 10.4. The van der Waals surface area contributed by atoms with Gasteiger partial charge in [0.05, 0.1) is 20.3 Å². The fourth-order valence-electron chi connectivity index (χ4n) is 2.03. The lowest BCUT2D eigenvalue weighted by atomic mass is 10.0. The number of benzene rings is 1. The van der Waals surface area contributed by atoms with Crippen molar-refractivity contribution in [2.24, 2.45) is 0 Å². The van der Waals surface area contributed by atoms with Gasteiger partial charge in [-0.15, -0.1) is 0 Å². The van der Waals surface area contributed by atoms with Crippen LogP contribution in [0.5, 0.6) is 11.5 Å². The number of aliphatic hydroxyl groups excluding tert-OH is 1. The van der Waals surface area contributed by atoms with Gasteiger partial charge in [0.25, 0.3) is 0 Å². The van der Waals surface area contributed by atoms with Crippen molar-refractivity contribution >= 4 is 5.69 Å². The molecule has 0 bridgehead atoms. The molecule has 2 aromatic rings. The molecule has 1 aromatic heterocycles. The first kappa shape index (κ1) is 14.1. The Morgan fingerprint density at radius 2 is 2.05 bits per heavy atom. The summed E-state index contributed by atoms with van der Waals surface area (Å²) >= 11 is 0. The Bertz CT molecular complexity index is 587. The number of aromatic nitrogens is 1. The Hall–Kier alpha value is -2.27. The van der Waals surface area contributed by atoms with Crippen molar-refractivity contribution in [1.29, 1.82) is 0 Å². The molecule has 5 heteroatoms. The number of pyridine rings is 1. The van der Waals surface area contributed by atoms with E-state index in [-0.39, 0.29) is 0 Å². The van der Waals surface area contributed by atoms with E-state index in [1.54, 1.807) is 50.9 Å². The first-order valence-corrected chi connectivity index (χ1v) is 6.24. The number of rotatable bonds is 5. The Morgan fingerprint density at radius 3 is 2.70 bits per heavy atom. The highest BCUT2D eigenvalue weighted by Gasteiger charge is 2.16. The molecule has 2 rings (SSSR count). The molecule has 0 spiro atoms. The molecule has 0 saturated carbocycles. The number of hydrogen-bond acceptors (Lipinski definition) is 5. The topological polar surface area (TPSA) is 77.6 Å². The molecule has 1 heterocycles. The zero-order valence-electron chi connectivity index (χ0n) is 11.5. The standard InChI is InChI=1S/C15H18N2O3/c1-19-11-3-4-15(20-2)12(8-11)14(18)7-10-9-17-6-5-13(10)16/h3-6,8-9,14,18H,7H2,1-2H3,(H2,16,17). The van der Waals surface area contributed by atoms with Gasteiger partial charge >= 0.3 is 0 Å². The van der Waals surface area contributed by atoms with E-state index in [1.807, 2.05) is 0 Å². The van der Waals surface area contributed by atoms with Gasteiger partial charge in [-0.3, -0.25) is 4.98 Å². The molecule has 0 aliphatic rings. The molecule has 20 heavy (non-hydrogen) atoms. The third-order valence-corrected chi connectivity index (χ3v) is 3.15. The van der Waals surface area contributed by atoms with Crippen LogP contribution in [-0.2, 0) is 6.42 Å². The van der Waals surface area contributed by atoms with Crippen LogP contribution in [0, 0.1) is 0 Å². The Balaban J connectivity index is 2.28. The second-order valence-corrected chi connectivity index (χ2v) is 4.40. The van der Waals surface area contributed by atoms with E-state index in [1.165, 1.54) is 0 Å². The summed E-state index contributed by atoms with van der Waals surface area (Å²) in [5, 5.41) is 10.4. The van der Waals surface area contributed by atoms with Crippen LogP contribution in [0.2, 0.25) is 0 Å². The predicted molar refractivity (Wildman–Crippen MR) is 76.9 cm³/mol. The van der Waals surface area contributed by atoms with Gasteiger partial charge in [0.2, 0.25) is 0 Å². The van der Waals surface area contributed by atoms with Gasteiger partial charge in [-0.05, 0) is 29.8 Å². The lowest BCUT2D eigenvalue weighted by Crippen LogP contribution is -2.06. The van der Waals surface area contributed by atoms with E-state index in [0.29, 0.717) is 29.2 Å². The Labute approximate surface area is 118 Å². The number of nitrogens with two attached hydrogens (primary N) is 1. The quantitative estimate of drug-likeness (QED) is 0.871. The van der Waals surface area contributed by atoms with Crippen LogP contribution in [0.3, 0.4) is 0 Å². The van der Waals surface area contributed by atoms with Gasteiger partial charge < -0.3 is 20.3 Å². The molecule has 3 N–H and O–H groups in total. The Morgan fingerprint density at radius 1 is 1.25 bits per heavy atom.